The lowest BCUT2D eigenvalue weighted by molar-refractivity contribution is -0.383. The van der Waals surface area contributed by atoms with Crippen LogP contribution in [0.3, 0.4) is 0 Å². The maximum absolute atomic E-state index is 12.2. The predicted octanol–water partition coefficient (Wildman–Crippen LogP) is 4.20. The smallest absolute Gasteiger partial charge is 0.294 e. The molecule has 1 amide bonds. The van der Waals surface area contributed by atoms with Gasteiger partial charge in [0.25, 0.3) is 5.69 Å². The molecule has 27 heavy (non-hydrogen) atoms. The zero-order valence-electron chi connectivity index (χ0n) is 14.0. The Hall–Kier alpha value is -3.01. The first-order valence-electron chi connectivity index (χ1n) is 7.94. The second-order valence-electron chi connectivity index (χ2n) is 5.71. The van der Waals surface area contributed by atoms with E-state index in [1.165, 1.54) is 12.1 Å². The first-order valence-corrected chi connectivity index (χ1v) is 9.02. The molecule has 8 heteroatoms. The van der Waals surface area contributed by atoms with E-state index in [0.29, 0.717) is 11.3 Å². The Kier molecular flexibility index (Phi) is 5.65. The van der Waals surface area contributed by atoms with Crippen molar-refractivity contribution in [3.05, 3.63) is 86.2 Å². The Labute approximate surface area is 168 Å². The van der Waals surface area contributed by atoms with Gasteiger partial charge in [-0.05, 0) is 59.0 Å². The van der Waals surface area contributed by atoms with Crippen molar-refractivity contribution in [2.75, 3.05) is 5.32 Å². The van der Waals surface area contributed by atoms with Crippen LogP contribution in [-0.4, -0.2) is 21.2 Å². The van der Waals surface area contributed by atoms with Gasteiger partial charge in [-0.15, -0.1) is 0 Å². The zero-order valence-corrected chi connectivity index (χ0v) is 16.1. The van der Waals surface area contributed by atoms with E-state index in [4.69, 9.17) is 0 Å². The summed E-state index contributed by atoms with van der Waals surface area (Å²) in [6, 6.07) is 15.0. The third kappa shape index (κ3) is 4.59. The molecule has 0 radical (unpaired) electrons. The fourth-order valence-corrected chi connectivity index (χ4v) is 3.09. The number of Topliss-reactive ketones (excluding diaryl/α,β-unsaturated/α-hetero) is 1. The number of nitro groups is 1. The number of nitrogens with zero attached hydrogens (tertiary/aromatic N) is 2. The van der Waals surface area contributed by atoms with Crippen molar-refractivity contribution < 1.29 is 14.5 Å². The number of carbonyl (C=O) groups excluding carboxylic acids is 2. The van der Waals surface area contributed by atoms with Gasteiger partial charge in [0, 0.05) is 27.6 Å². The quantitative estimate of drug-likeness (QED) is 0.190. The van der Waals surface area contributed by atoms with Crippen LogP contribution in [0.15, 0.2) is 67.0 Å². The molecule has 0 saturated heterocycles. The number of rotatable bonds is 6. The molecule has 0 aliphatic heterocycles. The minimum Gasteiger partial charge on any atom is -0.324 e. The summed E-state index contributed by atoms with van der Waals surface area (Å²) >= 11 is 2.08. The average Bonchev–Trinajstić information content (AvgIpc) is 3.16. The minimum atomic E-state index is -0.601. The van der Waals surface area contributed by atoms with Gasteiger partial charge in [0.2, 0.25) is 5.91 Å². The van der Waals surface area contributed by atoms with Crippen LogP contribution in [0.4, 0.5) is 11.4 Å². The van der Waals surface area contributed by atoms with Crippen LogP contribution in [0.25, 0.3) is 5.69 Å². The summed E-state index contributed by atoms with van der Waals surface area (Å²) in [5.41, 5.74) is 0.835. The van der Waals surface area contributed by atoms with E-state index in [1.807, 2.05) is 6.07 Å². The van der Waals surface area contributed by atoms with Gasteiger partial charge < -0.3 is 9.88 Å². The van der Waals surface area contributed by atoms with Gasteiger partial charge in [-0.2, -0.15) is 0 Å². The fraction of sp³-hybridized carbons (Fsp3) is 0.0526. The first kappa shape index (κ1) is 18.8. The highest BCUT2D eigenvalue weighted by atomic mass is 127. The van der Waals surface area contributed by atoms with Gasteiger partial charge in [0.1, 0.15) is 5.69 Å². The molecular formula is C19H14IN3O4. The molecule has 0 saturated carbocycles. The number of hydrogen-bond donors (Lipinski definition) is 1. The third-order valence-corrected chi connectivity index (χ3v) is 4.49. The zero-order chi connectivity index (χ0) is 19.4. The second kappa shape index (κ2) is 8.12. The molecule has 3 aromatic rings. The SMILES string of the molecule is O=C(CC(=O)c1cccc(I)c1)Nc1ccc(-n2cccc2)cc1[N+](=O)[O-]. The molecule has 0 unspecified atom stereocenters. The van der Waals surface area contributed by atoms with Crippen LogP contribution in [-0.2, 0) is 4.79 Å². The summed E-state index contributed by atoms with van der Waals surface area (Å²) in [5.74, 6) is -0.951. The molecule has 0 atom stereocenters. The highest BCUT2D eigenvalue weighted by Gasteiger charge is 2.19. The number of amides is 1. The van der Waals surface area contributed by atoms with Gasteiger partial charge in [0.15, 0.2) is 5.78 Å². The van der Waals surface area contributed by atoms with Crippen LogP contribution in [0, 0.1) is 13.7 Å². The molecule has 136 valence electrons. The van der Waals surface area contributed by atoms with Gasteiger partial charge in [-0.3, -0.25) is 19.7 Å². The lowest BCUT2D eigenvalue weighted by Crippen LogP contribution is -2.17. The lowest BCUT2D eigenvalue weighted by Gasteiger charge is -2.09. The highest BCUT2D eigenvalue weighted by Crippen LogP contribution is 2.27. The van der Waals surface area contributed by atoms with E-state index >= 15 is 0 Å². The number of nitrogens with one attached hydrogen (secondary N) is 1. The molecule has 7 nitrogen and oxygen atoms in total. The normalized spacial score (nSPS) is 10.4. The second-order valence-corrected chi connectivity index (χ2v) is 6.95. The van der Waals surface area contributed by atoms with E-state index in [9.17, 15) is 19.7 Å². The minimum absolute atomic E-state index is 0.0522. The topological polar surface area (TPSA) is 94.2 Å². The Balaban J connectivity index is 1.77. The van der Waals surface area contributed by atoms with Crippen LogP contribution in [0.2, 0.25) is 0 Å². The average molecular weight is 475 g/mol. The number of hydrogen-bond acceptors (Lipinski definition) is 4. The number of nitro benzene ring substituents is 1. The largest absolute Gasteiger partial charge is 0.324 e. The fourth-order valence-electron chi connectivity index (χ4n) is 2.55. The van der Waals surface area contributed by atoms with E-state index in [0.717, 1.165) is 3.57 Å². The standard InChI is InChI=1S/C19H14IN3O4/c20-14-5-3-4-13(10-14)18(24)12-19(25)21-16-7-6-15(11-17(16)23(26)27)22-8-1-2-9-22/h1-11H,12H2,(H,21,25). The lowest BCUT2D eigenvalue weighted by atomic mass is 10.1. The Bertz CT molecular complexity index is 1020. The van der Waals surface area contributed by atoms with Crippen molar-refractivity contribution >= 4 is 45.7 Å². The summed E-state index contributed by atoms with van der Waals surface area (Å²) in [6.07, 6.45) is 3.13. The molecular weight excluding hydrogens is 461 g/mol. The monoisotopic (exact) mass is 475 g/mol. The summed E-state index contributed by atoms with van der Waals surface area (Å²) in [6.45, 7) is 0. The number of halogens is 1. The molecule has 1 N–H and O–H groups in total. The molecule has 0 aliphatic rings. The van der Waals surface area contributed by atoms with Crippen molar-refractivity contribution in [3.63, 3.8) is 0 Å². The van der Waals surface area contributed by atoms with Crippen molar-refractivity contribution in [3.8, 4) is 5.69 Å². The molecule has 0 bridgehead atoms. The van der Waals surface area contributed by atoms with Crippen LogP contribution in [0.5, 0.6) is 0 Å². The van der Waals surface area contributed by atoms with E-state index in [-0.39, 0.29) is 17.2 Å². The molecule has 0 aliphatic carbocycles. The highest BCUT2D eigenvalue weighted by molar-refractivity contribution is 14.1. The van der Waals surface area contributed by atoms with E-state index in [2.05, 4.69) is 27.9 Å². The molecule has 2 aromatic carbocycles. The molecule has 0 spiro atoms. The van der Waals surface area contributed by atoms with Gasteiger partial charge in [-0.25, -0.2) is 0 Å². The van der Waals surface area contributed by atoms with Crippen molar-refractivity contribution in [2.24, 2.45) is 0 Å². The molecule has 3 rings (SSSR count). The maximum Gasteiger partial charge on any atom is 0.294 e. The molecule has 1 aromatic heterocycles. The Morgan fingerprint density at radius 2 is 1.81 bits per heavy atom. The van der Waals surface area contributed by atoms with Crippen LogP contribution in [0.1, 0.15) is 16.8 Å². The van der Waals surface area contributed by atoms with Gasteiger partial charge in [0.05, 0.1) is 17.0 Å². The summed E-state index contributed by atoms with van der Waals surface area (Å²) in [7, 11) is 0. The molecule has 1 heterocycles. The molecule has 0 fully saturated rings. The van der Waals surface area contributed by atoms with E-state index in [1.54, 1.807) is 53.4 Å². The maximum atomic E-state index is 12.2. The van der Waals surface area contributed by atoms with Crippen molar-refractivity contribution in [2.45, 2.75) is 6.42 Å². The van der Waals surface area contributed by atoms with Gasteiger partial charge >= 0.3 is 0 Å². The first-order chi connectivity index (χ1) is 12.9. The predicted molar refractivity (Wildman–Crippen MR) is 109 cm³/mol. The van der Waals surface area contributed by atoms with Crippen LogP contribution < -0.4 is 5.32 Å². The van der Waals surface area contributed by atoms with Crippen molar-refractivity contribution in [1.82, 2.24) is 4.57 Å². The number of ketones is 1. The number of aromatic nitrogens is 1. The summed E-state index contributed by atoms with van der Waals surface area (Å²) < 4.78 is 2.61. The number of benzene rings is 2. The summed E-state index contributed by atoms with van der Waals surface area (Å²) in [4.78, 5) is 35.3. The summed E-state index contributed by atoms with van der Waals surface area (Å²) in [5, 5.41) is 13.9. The van der Waals surface area contributed by atoms with Crippen molar-refractivity contribution in [1.29, 1.82) is 0 Å². The third-order valence-electron chi connectivity index (χ3n) is 3.82. The van der Waals surface area contributed by atoms with Gasteiger partial charge in [-0.1, -0.05) is 12.1 Å². The Morgan fingerprint density at radius 1 is 1.07 bits per heavy atom. The Morgan fingerprint density at radius 3 is 2.48 bits per heavy atom. The van der Waals surface area contributed by atoms with E-state index < -0.39 is 17.3 Å². The number of carbonyl (C=O) groups is 2. The number of anilines is 1. The van der Waals surface area contributed by atoms with Crippen LogP contribution >= 0.6 is 22.6 Å².